The van der Waals surface area contributed by atoms with Crippen molar-refractivity contribution >= 4 is 6.29 Å². The van der Waals surface area contributed by atoms with Gasteiger partial charge in [0.2, 0.25) is 0 Å². The SMILES string of the molecule is CCC(C)(C=O)COc1ccc(OC)cc1. The van der Waals surface area contributed by atoms with Gasteiger partial charge in [0.25, 0.3) is 0 Å². The highest BCUT2D eigenvalue weighted by atomic mass is 16.5. The van der Waals surface area contributed by atoms with Gasteiger partial charge in [-0.1, -0.05) is 6.92 Å². The van der Waals surface area contributed by atoms with Gasteiger partial charge in [-0.05, 0) is 37.6 Å². The van der Waals surface area contributed by atoms with Gasteiger partial charge in [-0.15, -0.1) is 0 Å². The highest BCUT2D eigenvalue weighted by molar-refractivity contribution is 5.58. The number of benzene rings is 1. The van der Waals surface area contributed by atoms with E-state index in [4.69, 9.17) is 9.47 Å². The Kier molecular flexibility index (Phi) is 4.35. The molecular weight excluding hydrogens is 204 g/mol. The van der Waals surface area contributed by atoms with Crippen LogP contribution in [0.25, 0.3) is 0 Å². The Labute approximate surface area is 96.4 Å². The molecule has 0 saturated carbocycles. The van der Waals surface area contributed by atoms with Crippen molar-refractivity contribution in [2.24, 2.45) is 5.41 Å². The molecule has 3 heteroatoms. The minimum Gasteiger partial charge on any atom is -0.497 e. The Morgan fingerprint density at radius 1 is 1.25 bits per heavy atom. The monoisotopic (exact) mass is 222 g/mol. The first-order chi connectivity index (χ1) is 7.63. The zero-order chi connectivity index (χ0) is 12.0. The molecule has 0 aliphatic carbocycles. The molecule has 0 aliphatic heterocycles. The molecule has 88 valence electrons. The molecule has 0 aliphatic rings. The molecule has 1 unspecified atom stereocenters. The van der Waals surface area contributed by atoms with Gasteiger partial charge in [0.1, 0.15) is 24.4 Å². The van der Waals surface area contributed by atoms with Crippen LogP contribution < -0.4 is 9.47 Å². The van der Waals surface area contributed by atoms with Crippen LogP contribution >= 0.6 is 0 Å². The molecule has 0 heterocycles. The number of rotatable bonds is 6. The van der Waals surface area contributed by atoms with Gasteiger partial charge in [0.05, 0.1) is 12.5 Å². The Morgan fingerprint density at radius 3 is 2.25 bits per heavy atom. The second-order valence-electron chi connectivity index (χ2n) is 4.09. The number of hydrogen-bond donors (Lipinski definition) is 0. The second kappa shape index (κ2) is 5.54. The van der Waals surface area contributed by atoms with E-state index in [1.165, 1.54) is 0 Å². The minimum absolute atomic E-state index is 0.402. The van der Waals surface area contributed by atoms with Crippen molar-refractivity contribution in [1.29, 1.82) is 0 Å². The van der Waals surface area contributed by atoms with Crippen LogP contribution in [0.5, 0.6) is 11.5 Å². The largest absolute Gasteiger partial charge is 0.497 e. The number of ether oxygens (including phenoxy) is 2. The van der Waals surface area contributed by atoms with Crippen LogP contribution in [0.4, 0.5) is 0 Å². The summed E-state index contributed by atoms with van der Waals surface area (Å²) in [5.74, 6) is 1.54. The van der Waals surface area contributed by atoms with Crippen molar-refractivity contribution in [1.82, 2.24) is 0 Å². The zero-order valence-electron chi connectivity index (χ0n) is 10.0. The summed E-state index contributed by atoms with van der Waals surface area (Å²) in [6.45, 7) is 4.27. The molecule has 0 bridgehead atoms. The smallest absolute Gasteiger partial charge is 0.129 e. The molecule has 3 nitrogen and oxygen atoms in total. The molecule has 0 saturated heterocycles. The van der Waals surface area contributed by atoms with Crippen LogP contribution in [0.3, 0.4) is 0 Å². The normalized spacial score (nSPS) is 13.9. The van der Waals surface area contributed by atoms with Crippen LogP contribution in [0, 0.1) is 5.41 Å². The Hall–Kier alpha value is -1.51. The Morgan fingerprint density at radius 2 is 1.81 bits per heavy atom. The van der Waals surface area contributed by atoms with Gasteiger partial charge in [-0.2, -0.15) is 0 Å². The molecule has 1 atom stereocenters. The average Bonchev–Trinajstić information content (AvgIpc) is 2.36. The summed E-state index contributed by atoms with van der Waals surface area (Å²) >= 11 is 0. The van der Waals surface area contributed by atoms with Crippen LogP contribution in [0.1, 0.15) is 20.3 Å². The maximum absolute atomic E-state index is 10.9. The minimum atomic E-state index is -0.403. The van der Waals surface area contributed by atoms with Gasteiger partial charge in [0.15, 0.2) is 0 Å². The molecule has 16 heavy (non-hydrogen) atoms. The molecule has 0 amide bonds. The van der Waals surface area contributed by atoms with Gasteiger partial charge >= 0.3 is 0 Å². The van der Waals surface area contributed by atoms with E-state index in [0.717, 1.165) is 24.2 Å². The topological polar surface area (TPSA) is 35.5 Å². The fourth-order valence-corrected chi connectivity index (χ4v) is 1.14. The molecule has 1 rings (SSSR count). The van der Waals surface area contributed by atoms with Gasteiger partial charge in [-0.25, -0.2) is 0 Å². The van der Waals surface area contributed by atoms with E-state index in [2.05, 4.69) is 0 Å². The van der Waals surface area contributed by atoms with E-state index in [9.17, 15) is 4.79 Å². The van der Waals surface area contributed by atoms with Crippen molar-refractivity contribution in [2.75, 3.05) is 13.7 Å². The quantitative estimate of drug-likeness (QED) is 0.694. The third-order valence-electron chi connectivity index (χ3n) is 2.72. The first-order valence-electron chi connectivity index (χ1n) is 5.37. The standard InChI is InChI=1S/C13H18O3/c1-4-13(2,9-14)10-16-12-7-5-11(15-3)6-8-12/h5-9H,4,10H2,1-3H3. The molecule has 1 aromatic carbocycles. The summed E-state index contributed by atoms with van der Waals surface area (Å²) in [6, 6.07) is 7.33. The van der Waals surface area contributed by atoms with E-state index in [1.807, 2.05) is 38.1 Å². The Balaban J connectivity index is 2.57. The highest BCUT2D eigenvalue weighted by Gasteiger charge is 2.21. The number of hydrogen-bond acceptors (Lipinski definition) is 3. The molecule has 0 N–H and O–H groups in total. The summed E-state index contributed by atoms with van der Waals surface area (Å²) in [5.41, 5.74) is -0.403. The van der Waals surface area contributed by atoms with E-state index in [-0.39, 0.29) is 0 Å². The molecule has 0 radical (unpaired) electrons. The van der Waals surface area contributed by atoms with Crippen molar-refractivity contribution in [2.45, 2.75) is 20.3 Å². The fourth-order valence-electron chi connectivity index (χ4n) is 1.14. The first-order valence-corrected chi connectivity index (χ1v) is 5.37. The number of aldehydes is 1. The molecule has 1 aromatic rings. The summed E-state index contributed by atoms with van der Waals surface area (Å²) < 4.78 is 10.6. The lowest BCUT2D eigenvalue weighted by Gasteiger charge is -2.21. The van der Waals surface area contributed by atoms with Crippen LogP contribution in [0.2, 0.25) is 0 Å². The lowest BCUT2D eigenvalue weighted by atomic mass is 9.91. The van der Waals surface area contributed by atoms with Crippen molar-refractivity contribution < 1.29 is 14.3 Å². The predicted molar refractivity (Wildman–Crippen MR) is 63.0 cm³/mol. The molecular formula is C13H18O3. The van der Waals surface area contributed by atoms with E-state index in [1.54, 1.807) is 7.11 Å². The average molecular weight is 222 g/mol. The number of methoxy groups -OCH3 is 1. The zero-order valence-corrected chi connectivity index (χ0v) is 10.0. The third kappa shape index (κ3) is 3.26. The van der Waals surface area contributed by atoms with Crippen molar-refractivity contribution in [3.05, 3.63) is 24.3 Å². The van der Waals surface area contributed by atoms with Crippen molar-refractivity contribution in [3.63, 3.8) is 0 Å². The summed E-state index contributed by atoms with van der Waals surface area (Å²) in [5, 5.41) is 0. The van der Waals surface area contributed by atoms with E-state index < -0.39 is 5.41 Å². The van der Waals surface area contributed by atoms with E-state index >= 15 is 0 Å². The highest BCUT2D eigenvalue weighted by Crippen LogP contribution is 2.22. The van der Waals surface area contributed by atoms with Crippen LogP contribution in [-0.2, 0) is 4.79 Å². The Bertz CT molecular complexity index is 332. The van der Waals surface area contributed by atoms with Crippen LogP contribution in [-0.4, -0.2) is 20.0 Å². The lowest BCUT2D eigenvalue weighted by Crippen LogP contribution is -2.25. The molecule has 0 fully saturated rings. The first kappa shape index (κ1) is 12.6. The second-order valence-corrected chi connectivity index (χ2v) is 4.09. The number of carbonyl (C=O) groups is 1. The number of carbonyl (C=O) groups excluding carboxylic acids is 1. The summed E-state index contributed by atoms with van der Waals surface area (Å²) in [6.07, 6.45) is 1.73. The molecule has 0 aromatic heterocycles. The lowest BCUT2D eigenvalue weighted by molar-refractivity contribution is -0.117. The maximum Gasteiger partial charge on any atom is 0.129 e. The van der Waals surface area contributed by atoms with Gasteiger partial charge < -0.3 is 14.3 Å². The van der Waals surface area contributed by atoms with Crippen LogP contribution in [0.15, 0.2) is 24.3 Å². The molecule has 0 spiro atoms. The van der Waals surface area contributed by atoms with Gasteiger partial charge in [0, 0.05) is 0 Å². The van der Waals surface area contributed by atoms with Gasteiger partial charge in [-0.3, -0.25) is 0 Å². The van der Waals surface area contributed by atoms with Crippen molar-refractivity contribution in [3.8, 4) is 11.5 Å². The predicted octanol–water partition coefficient (Wildman–Crippen LogP) is 2.69. The van der Waals surface area contributed by atoms with E-state index in [0.29, 0.717) is 6.61 Å². The summed E-state index contributed by atoms with van der Waals surface area (Å²) in [7, 11) is 1.62. The fraction of sp³-hybridized carbons (Fsp3) is 0.462. The maximum atomic E-state index is 10.9. The third-order valence-corrected chi connectivity index (χ3v) is 2.72. The summed E-state index contributed by atoms with van der Waals surface area (Å²) in [4.78, 5) is 10.9.